The molecule has 0 fully saturated rings. The molecule has 0 atom stereocenters. The van der Waals surface area contributed by atoms with Crippen molar-refractivity contribution in [3.05, 3.63) is 83.9 Å². The second-order valence-electron chi connectivity index (χ2n) is 6.16. The molecule has 0 saturated heterocycles. The van der Waals surface area contributed by atoms with Crippen LogP contribution in [0.25, 0.3) is 21.7 Å². The predicted molar refractivity (Wildman–Crippen MR) is 99.1 cm³/mol. The summed E-state index contributed by atoms with van der Waals surface area (Å²) in [5.41, 5.74) is 1.27. The SMILES string of the molecule is O=C(Cc1coc2ccc3ccccc3c12)OCC(=O)c1ccccc1F. The third kappa shape index (κ3) is 3.31. The van der Waals surface area contributed by atoms with Gasteiger partial charge in [-0.05, 0) is 29.0 Å². The lowest BCUT2D eigenvalue weighted by Crippen LogP contribution is -2.16. The Kier molecular flexibility index (Phi) is 4.42. The fourth-order valence-corrected chi connectivity index (χ4v) is 3.12. The van der Waals surface area contributed by atoms with Crippen molar-refractivity contribution in [3.8, 4) is 0 Å². The fraction of sp³-hybridized carbons (Fsp3) is 0.0909. The average Bonchev–Trinajstić information content (AvgIpc) is 3.10. The highest BCUT2D eigenvalue weighted by atomic mass is 19.1. The molecule has 0 spiro atoms. The van der Waals surface area contributed by atoms with Gasteiger partial charge in [-0.15, -0.1) is 0 Å². The molecular formula is C22H15FO4. The minimum absolute atomic E-state index is 0.0362. The molecule has 0 amide bonds. The van der Waals surface area contributed by atoms with Crippen molar-refractivity contribution < 1.29 is 23.1 Å². The number of halogens is 1. The van der Waals surface area contributed by atoms with Gasteiger partial charge < -0.3 is 9.15 Å². The van der Waals surface area contributed by atoms with Gasteiger partial charge in [0.1, 0.15) is 11.4 Å². The van der Waals surface area contributed by atoms with E-state index in [0.29, 0.717) is 11.1 Å². The van der Waals surface area contributed by atoms with Gasteiger partial charge in [0, 0.05) is 10.9 Å². The van der Waals surface area contributed by atoms with Crippen molar-refractivity contribution in [2.75, 3.05) is 6.61 Å². The lowest BCUT2D eigenvalue weighted by atomic mass is 10.0. The number of carbonyl (C=O) groups is 2. The molecule has 4 rings (SSSR count). The zero-order valence-corrected chi connectivity index (χ0v) is 14.3. The van der Waals surface area contributed by atoms with Crippen LogP contribution in [0, 0.1) is 5.82 Å². The van der Waals surface area contributed by atoms with Crippen molar-refractivity contribution in [3.63, 3.8) is 0 Å². The van der Waals surface area contributed by atoms with E-state index in [9.17, 15) is 14.0 Å². The number of rotatable bonds is 5. The zero-order valence-electron chi connectivity index (χ0n) is 14.3. The van der Waals surface area contributed by atoms with E-state index in [4.69, 9.17) is 9.15 Å². The number of ether oxygens (including phenoxy) is 1. The highest BCUT2D eigenvalue weighted by molar-refractivity contribution is 6.08. The van der Waals surface area contributed by atoms with Crippen LogP contribution in [0.3, 0.4) is 0 Å². The fourth-order valence-electron chi connectivity index (χ4n) is 3.12. The van der Waals surface area contributed by atoms with Crippen molar-refractivity contribution in [2.45, 2.75) is 6.42 Å². The van der Waals surface area contributed by atoms with Crippen molar-refractivity contribution in [2.24, 2.45) is 0 Å². The molecule has 5 heteroatoms. The van der Waals surface area contributed by atoms with Crippen LogP contribution in [0.4, 0.5) is 4.39 Å². The molecule has 0 aliphatic heterocycles. The van der Waals surface area contributed by atoms with Crippen LogP contribution in [0.5, 0.6) is 0 Å². The van der Waals surface area contributed by atoms with Gasteiger partial charge in [-0.1, -0.05) is 42.5 Å². The highest BCUT2D eigenvalue weighted by Crippen LogP contribution is 2.30. The maximum absolute atomic E-state index is 13.6. The lowest BCUT2D eigenvalue weighted by Gasteiger charge is -2.05. The van der Waals surface area contributed by atoms with Gasteiger partial charge in [-0.2, -0.15) is 0 Å². The van der Waals surface area contributed by atoms with Crippen LogP contribution < -0.4 is 0 Å². The Balaban J connectivity index is 1.51. The van der Waals surface area contributed by atoms with Crippen molar-refractivity contribution in [1.29, 1.82) is 0 Å². The second-order valence-corrected chi connectivity index (χ2v) is 6.16. The Morgan fingerprint density at radius 3 is 2.59 bits per heavy atom. The number of furan rings is 1. The molecule has 0 unspecified atom stereocenters. The molecule has 4 nitrogen and oxygen atoms in total. The number of esters is 1. The van der Waals surface area contributed by atoms with Gasteiger partial charge in [0.05, 0.1) is 18.2 Å². The van der Waals surface area contributed by atoms with Gasteiger partial charge in [-0.25, -0.2) is 4.39 Å². The number of carbonyl (C=O) groups excluding carboxylic acids is 2. The Labute approximate surface area is 154 Å². The number of ketones is 1. The third-order valence-corrected chi connectivity index (χ3v) is 4.41. The molecule has 3 aromatic carbocycles. The molecule has 27 heavy (non-hydrogen) atoms. The van der Waals surface area contributed by atoms with E-state index in [1.807, 2.05) is 36.4 Å². The van der Waals surface area contributed by atoms with Gasteiger partial charge >= 0.3 is 5.97 Å². The summed E-state index contributed by atoms with van der Waals surface area (Å²) in [6.07, 6.45) is 1.49. The number of Topliss-reactive ketones (excluding diaryl/α,β-unsaturated/α-hetero) is 1. The Hall–Kier alpha value is -3.47. The summed E-state index contributed by atoms with van der Waals surface area (Å²) >= 11 is 0. The number of benzene rings is 3. The molecule has 0 aliphatic carbocycles. The van der Waals surface area contributed by atoms with E-state index in [-0.39, 0.29) is 12.0 Å². The Morgan fingerprint density at radius 1 is 0.963 bits per heavy atom. The van der Waals surface area contributed by atoms with E-state index in [1.54, 1.807) is 6.07 Å². The predicted octanol–water partition coefficient (Wildman–Crippen LogP) is 4.69. The van der Waals surface area contributed by atoms with E-state index in [2.05, 4.69) is 0 Å². The summed E-state index contributed by atoms with van der Waals surface area (Å²) in [5, 5.41) is 2.87. The lowest BCUT2D eigenvalue weighted by molar-refractivity contribution is -0.141. The molecule has 4 aromatic rings. The van der Waals surface area contributed by atoms with Gasteiger partial charge in [0.2, 0.25) is 5.78 Å². The van der Waals surface area contributed by atoms with E-state index >= 15 is 0 Å². The summed E-state index contributed by atoms with van der Waals surface area (Å²) in [5.74, 6) is -1.79. The molecule has 0 saturated carbocycles. The summed E-state index contributed by atoms with van der Waals surface area (Å²) in [6.45, 7) is -0.504. The zero-order chi connectivity index (χ0) is 18.8. The van der Waals surface area contributed by atoms with E-state index in [1.165, 1.54) is 24.5 Å². The maximum atomic E-state index is 13.6. The topological polar surface area (TPSA) is 56.5 Å². The van der Waals surface area contributed by atoms with Crippen molar-refractivity contribution >= 4 is 33.5 Å². The second kappa shape index (κ2) is 7.03. The summed E-state index contributed by atoms with van der Waals surface area (Å²) in [4.78, 5) is 24.2. The van der Waals surface area contributed by atoms with Crippen LogP contribution >= 0.6 is 0 Å². The first-order valence-corrected chi connectivity index (χ1v) is 8.44. The first-order chi connectivity index (χ1) is 13.1. The maximum Gasteiger partial charge on any atom is 0.310 e. The van der Waals surface area contributed by atoms with Crippen LogP contribution in [-0.2, 0) is 16.0 Å². The Bertz CT molecular complexity index is 1160. The minimum atomic E-state index is -0.633. The molecule has 0 N–H and O–H groups in total. The van der Waals surface area contributed by atoms with Gasteiger partial charge in [0.15, 0.2) is 6.61 Å². The van der Waals surface area contributed by atoms with Gasteiger partial charge in [-0.3, -0.25) is 9.59 Å². The highest BCUT2D eigenvalue weighted by Gasteiger charge is 2.17. The third-order valence-electron chi connectivity index (χ3n) is 4.41. The molecule has 0 aliphatic rings. The van der Waals surface area contributed by atoms with Gasteiger partial charge in [0.25, 0.3) is 0 Å². The number of hydrogen-bond donors (Lipinski definition) is 0. The minimum Gasteiger partial charge on any atom is -0.464 e. The van der Waals surface area contributed by atoms with Crippen molar-refractivity contribution in [1.82, 2.24) is 0 Å². The Morgan fingerprint density at radius 2 is 1.74 bits per heavy atom. The van der Waals surface area contributed by atoms with Crippen LogP contribution in [0.15, 0.2) is 71.3 Å². The van der Waals surface area contributed by atoms with E-state index in [0.717, 1.165) is 16.2 Å². The molecule has 0 radical (unpaired) electrons. The molecule has 1 aromatic heterocycles. The normalized spacial score (nSPS) is 11.0. The smallest absolute Gasteiger partial charge is 0.310 e. The number of fused-ring (bicyclic) bond motifs is 3. The number of hydrogen-bond acceptors (Lipinski definition) is 4. The first-order valence-electron chi connectivity index (χ1n) is 8.44. The molecular weight excluding hydrogens is 347 g/mol. The quantitative estimate of drug-likeness (QED) is 0.382. The van der Waals surface area contributed by atoms with E-state index < -0.39 is 24.2 Å². The van der Waals surface area contributed by atoms with Crippen LogP contribution in [0.1, 0.15) is 15.9 Å². The molecule has 0 bridgehead atoms. The average molecular weight is 362 g/mol. The monoisotopic (exact) mass is 362 g/mol. The standard InChI is InChI=1S/C22H15FO4/c23-18-8-4-3-7-17(18)19(24)13-27-21(25)11-15-12-26-20-10-9-14-5-1-2-6-16(14)22(15)20/h1-10,12H,11,13H2. The molecule has 1 heterocycles. The largest absolute Gasteiger partial charge is 0.464 e. The van der Waals surface area contributed by atoms with Crippen LogP contribution in [0.2, 0.25) is 0 Å². The van der Waals surface area contributed by atoms with Crippen LogP contribution in [-0.4, -0.2) is 18.4 Å². The first kappa shape index (κ1) is 17.0. The summed E-state index contributed by atoms with van der Waals surface area (Å²) < 4.78 is 24.2. The summed E-state index contributed by atoms with van der Waals surface area (Å²) in [7, 11) is 0. The molecule has 134 valence electrons. The summed E-state index contributed by atoms with van der Waals surface area (Å²) in [6, 6.07) is 17.2.